The van der Waals surface area contributed by atoms with Crippen LogP contribution in [0, 0.1) is 13.8 Å². The third kappa shape index (κ3) is 3.94. The number of nitrogens with one attached hydrogen (secondary N) is 1. The minimum Gasteiger partial charge on any atom is -0.350 e. The van der Waals surface area contributed by atoms with Gasteiger partial charge in [-0.1, -0.05) is 30.3 Å². The second-order valence-electron chi connectivity index (χ2n) is 6.91. The molecule has 29 heavy (non-hydrogen) atoms. The summed E-state index contributed by atoms with van der Waals surface area (Å²) in [6.07, 6.45) is 0. The van der Waals surface area contributed by atoms with Crippen LogP contribution in [0.5, 0.6) is 0 Å². The van der Waals surface area contributed by atoms with Crippen LogP contribution in [0.25, 0.3) is 16.6 Å². The molecule has 0 saturated heterocycles. The zero-order chi connectivity index (χ0) is 20.4. The molecular formula is C22H21N5O2. The molecule has 1 N–H and O–H groups in total. The van der Waals surface area contributed by atoms with E-state index >= 15 is 0 Å². The lowest BCUT2D eigenvalue weighted by atomic mass is 10.1. The fraction of sp³-hybridized carbons (Fsp3) is 0.182. The Morgan fingerprint density at radius 3 is 2.52 bits per heavy atom. The lowest BCUT2D eigenvalue weighted by Crippen LogP contribution is -2.32. The molecule has 0 radical (unpaired) electrons. The van der Waals surface area contributed by atoms with Gasteiger partial charge in [0.2, 0.25) is 0 Å². The van der Waals surface area contributed by atoms with E-state index < -0.39 is 0 Å². The molecule has 2 heterocycles. The predicted octanol–water partition coefficient (Wildman–Crippen LogP) is 2.63. The van der Waals surface area contributed by atoms with Crippen molar-refractivity contribution in [2.45, 2.75) is 20.4 Å². The molecule has 1 amide bonds. The average Bonchev–Trinajstić information content (AvgIpc) is 3.07. The molecule has 0 saturated carbocycles. The molecule has 7 nitrogen and oxygen atoms in total. The maximum atomic E-state index is 12.5. The molecule has 0 aliphatic heterocycles. The summed E-state index contributed by atoms with van der Waals surface area (Å²) >= 11 is 0. The van der Waals surface area contributed by atoms with Gasteiger partial charge in [0.25, 0.3) is 11.5 Å². The molecule has 4 aromatic rings. The van der Waals surface area contributed by atoms with E-state index in [4.69, 9.17) is 0 Å². The Balaban J connectivity index is 1.46. The van der Waals surface area contributed by atoms with E-state index in [2.05, 4.69) is 15.5 Å². The number of nitrogens with zero attached hydrogens (tertiary/aromatic N) is 4. The lowest BCUT2D eigenvalue weighted by Gasteiger charge is -2.09. The van der Waals surface area contributed by atoms with Crippen LogP contribution in [-0.2, 0) is 6.54 Å². The Hall–Kier alpha value is -3.74. The first-order valence-electron chi connectivity index (χ1n) is 9.40. The van der Waals surface area contributed by atoms with E-state index in [1.54, 1.807) is 16.8 Å². The highest BCUT2D eigenvalue weighted by molar-refractivity contribution is 5.98. The highest BCUT2D eigenvalue weighted by Gasteiger charge is 2.09. The fourth-order valence-electron chi connectivity index (χ4n) is 3.28. The topological polar surface area (TPSA) is 81.8 Å². The van der Waals surface area contributed by atoms with Crippen molar-refractivity contribution in [3.63, 3.8) is 0 Å². The van der Waals surface area contributed by atoms with E-state index in [0.29, 0.717) is 17.9 Å². The summed E-state index contributed by atoms with van der Waals surface area (Å²) in [4.78, 5) is 24.6. The van der Waals surface area contributed by atoms with E-state index in [-0.39, 0.29) is 18.0 Å². The smallest absolute Gasteiger partial charge is 0.266 e. The molecule has 0 unspecified atom stereocenters. The zero-order valence-electron chi connectivity index (χ0n) is 16.3. The maximum Gasteiger partial charge on any atom is 0.266 e. The first kappa shape index (κ1) is 18.6. The van der Waals surface area contributed by atoms with Crippen LogP contribution in [0.15, 0.2) is 65.5 Å². The Labute approximate surface area is 167 Å². The van der Waals surface area contributed by atoms with Gasteiger partial charge in [-0.25, -0.2) is 9.36 Å². The summed E-state index contributed by atoms with van der Waals surface area (Å²) in [5.41, 5.74) is 2.17. The summed E-state index contributed by atoms with van der Waals surface area (Å²) in [6, 6.07) is 18.5. The molecule has 146 valence electrons. The molecule has 0 fully saturated rings. The number of carbonyl (C=O) groups excluding carboxylic acids is 1. The standard InChI is InChI=1S/C22H21N5O2/c1-15-13-16(2)27(24-15)20-9-10-21(28)26(25-20)12-11-23-22(29)19-8-7-17-5-3-4-6-18(17)14-19/h3-10,13-14H,11-12H2,1-2H3,(H,23,29). The third-order valence-electron chi connectivity index (χ3n) is 4.70. The minimum atomic E-state index is -0.227. The molecular weight excluding hydrogens is 366 g/mol. The predicted molar refractivity (Wildman–Crippen MR) is 111 cm³/mol. The summed E-state index contributed by atoms with van der Waals surface area (Å²) in [7, 11) is 0. The van der Waals surface area contributed by atoms with Gasteiger partial charge in [0, 0.05) is 23.9 Å². The third-order valence-corrected chi connectivity index (χ3v) is 4.70. The van der Waals surface area contributed by atoms with Crippen molar-refractivity contribution in [2.75, 3.05) is 6.54 Å². The van der Waals surface area contributed by atoms with Gasteiger partial charge in [0.1, 0.15) is 0 Å². The molecule has 0 atom stereocenters. The summed E-state index contributed by atoms with van der Waals surface area (Å²) < 4.78 is 3.03. The molecule has 7 heteroatoms. The monoisotopic (exact) mass is 387 g/mol. The van der Waals surface area contributed by atoms with Gasteiger partial charge < -0.3 is 5.32 Å². The largest absolute Gasteiger partial charge is 0.350 e. The Bertz CT molecular complexity index is 1260. The lowest BCUT2D eigenvalue weighted by molar-refractivity contribution is 0.0952. The number of fused-ring (bicyclic) bond motifs is 1. The molecule has 0 aliphatic rings. The van der Waals surface area contributed by atoms with Gasteiger partial charge in [0.05, 0.1) is 12.2 Å². The van der Waals surface area contributed by atoms with Crippen molar-refractivity contribution >= 4 is 16.7 Å². The second-order valence-corrected chi connectivity index (χ2v) is 6.91. The molecule has 2 aromatic carbocycles. The van der Waals surface area contributed by atoms with E-state index in [0.717, 1.165) is 22.2 Å². The van der Waals surface area contributed by atoms with Crippen LogP contribution in [-0.4, -0.2) is 32.0 Å². The van der Waals surface area contributed by atoms with Crippen LogP contribution in [0.3, 0.4) is 0 Å². The maximum absolute atomic E-state index is 12.5. The normalized spacial score (nSPS) is 11.0. The first-order chi connectivity index (χ1) is 14.0. The number of carbonyl (C=O) groups is 1. The van der Waals surface area contributed by atoms with Gasteiger partial charge >= 0.3 is 0 Å². The number of amides is 1. The Morgan fingerprint density at radius 1 is 0.966 bits per heavy atom. The molecule has 4 rings (SSSR count). The number of rotatable bonds is 5. The molecule has 0 spiro atoms. The SMILES string of the molecule is Cc1cc(C)n(-c2ccc(=O)n(CCNC(=O)c3ccc4ccccc4c3)n2)n1. The van der Waals surface area contributed by atoms with Crippen molar-refractivity contribution < 1.29 is 4.79 Å². The summed E-state index contributed by atoms with van der Waals surface area (Å²) in [5.74, 6) is 0.384. The zero-order valence-corrected chi connectivity index (χ0v) is 16.3. The van der Waals surface area contributed by atoms with E-state index in [9.17, 15) is 9.59 Å². The average molecular weight is 387 g/mol. The van der Waals surface area contributed by atoms with Crippen LogP contribution in [0.4, 0.5) is 0 Å². The second kappa shape index (κ2) is 7.71. The van der Waals surface area contributed by atoms with Gasteiger partial charge in [-0.2, -0.15) is 5.10 Å². The van der Waals surface area contributed by atoms with Crippen LogP contribution >= 0.6 is 0 Å². The Kier molecular flexibility index (Phi) is 4.95. The highest BCUT2D eigenvalue weighted by Crippen LogP contribution is 2.15. The number of aromatic nitrogens is 4. The van der Waals surface area contributed by atoms with Crippen LogP contribution in [0.2, 0.25) is 0 Å². The molecule has 0 bridgehead atoms. The summed E-state index contributed by atoms with van der Waals surface area (Å²) in [5, 5.41) is 13.7. The van der Waals surface area contributed by atoms with Crippen LogP contribution in [0.1, 0.15) is 21.7 Å². The Morgan fingerprint density at radius 2 is 1.76 bits per heavy atom. The molecule has 2 aromatic heterocycles. The van der Waals surface area contributed by atoms with Gasteiger partial charge in [-0.3, -0.25) is 9.59 Å². The van der Waals surface area contributed by atoms with E-state index in [1.807, 2.05) is 56.3 Å². The first-order valence-corrected chi connectivity index (χ1v) is 9.40. The van der Waals surface area contributed by atoms with Gasteiger partial charge in [-0.05, 0) is 48.9 Å². The summed E-state index contributed by atoms with van der Waals surface area (Å²) in [6.45, 7) is 4.40. The highest BCUT2D eigenvalue weighted by atomic mass is 16.2. The van der Waals surface area contributed by atoms with Crippen molar-refractivity contribution in [3.05, 3.63) is 88.0 Å². The van der Waals surface area contributed by atoms with Crippen molar-refractivity contribution in [1.82, 2.24) is 24.9 Å². The van der Waals surface area contributed by atoms with Crippen molar-refractivity contribution in [3.8, 4) is 5.82 Å². The fourth-order valence-corrected chi connectivity index (χ4v) is 3.28. The van der Waals surface area contributed by atoms with Gasteiger partial charge in [0.15, 0.2) is 5.82 Å². The van der Waals surface area contributed by atoms with Crippen LogP contribution < -0.4 is 10.9 Å². The molecule has 0 aliphatic carbocycles. The van der Waals surface area contributed by atoms with Crippen molar-refractivity contribution in [1.29, 1.82) is 0 Å². The van der Waals surface area contributed by atoms with E-state index in [1.165, 1.54) is 10.7 Å². The number of hydrogen-bond acceptors (Lipinski definition) is 4. The van der Waals surface area contributed by atoms with Gasteiger partial charge in [-0.15, -0.1) is 5.10 Å². The number of hydrogen-bond donors (Lipinski definition) is 1. The number of aryl methyl sites for hydroxylation is 2. The quantitative estimate of drug-likeness (QED) is 0.571. The number of benzene rings is 2. The van der Waals surface area contributed by atoms with Crippen molar-refractivity contribution in [2.24, 2.45) is 0 Å². The minimum absolute atomic E-state index is 0.182.